The fourth-order valence-electron chi connectivity index (χ4n) is 8.68. The smallest absolute Gasteiger partial charge is 0.461 e. The van der Waals surface area contributed by atoms with Crippen LogP contribution in [-0.4, -0.2) is 53.9 Å². The summed E-state index contributed by atoms with van der Waals surface area (Å²) in [4.78, 5) is 14.3. The van der Waals surface area contributed by atoms with Gasteiger partial charge in [0.2, 0.25) is 0 Å². The van der Waals surface area contributed by atoms with E-state index in [1.807, 2.05) is 37.2 Å². The lowest BCUT2D eigenvalue weighted by Crippen LogP contribution is -2.44. The van der Waals surface area contributed by atoms with Gasteiger partial charge in [0, 0.05) is 43.4 Å². The third kappa shape index (κ3) is 4.77. The lowest BCUT2D eigenvalue weighted by molar-refractivity contribution is -0.286. The van der Waals surface area contributed by atoms with Gasteiger partial charge >= 0.3 is 12.3 Å². The van der Waals surface area contributed by atoms with Crippen molar-refractivity contribution in [3.63, 3.8) is 0 Å². The first-order valence-electron chi connectivity index (χ1n) is 16.3. The maximum atomic E-state index is 13.7. The first kappa shape index (κ1) is 30.1. The van der Waals surface area contributed by atoms with E-state index in [2.05, 4.69) is 22.6 Å². The standard InChI is InChI=1S/C35H38F2N6O4/c1-20-9-13-34(30-22(20)6-7-25(39)23(30)17-38)16-26-24(18-45-34)31(42(2)3)41-32(40-26)44-19-33-11-4-14-43(33)27(10-12-33)21-5-8-28-29(15-21)47-35(36,37)46-28/h5-8,15,20,27H,4,9-14,16,18-19,39H2,1-3H3/t20-,27-,33-,34-/m0/s1. The highest BCUT2D eigenvalue weighted by molar-refractivity contribution is 5.64. The number of halogens is 2. The summed E-state index contributed by atoms with van der Waals surface area (Å²) in [6, 6.07) is 11.7. The molecule has 0 amide bonds. The molecule has 10 nitrogen and oxygen atoms in total. The van der Waals surface area contributed by atoms with E-state index in [4.69, 9.17) is 29.9 Å². The highest BCUT2D eigenvalue weighted by atomic mass is 19.3. The molecule has 1 aromatic heterocycles. The molecule has 0 unspecified atom stereocenters. The number of ether oxygens (including phenoxy) is 4. The third-order valence-corrected chi connectivity index (χ3v) is 11.0. The average molecular weight is 645 g/mol. The molecule has 5 heterocycles. The molecule has 8 rings (SSSR count). The van der Waals surface area contributed by atoms with Crippen LogP contribution in [0.5, 0.6) is 17.5 Å². The number of hydrogen-bond donors (Lipinski definition) is 1. The van der Waals surface area contributed by atoms with Crippen LogP contribution in [-0.2, 0) is 23.4 Å². The molecule has 246 valence electrons. The Balaban J connectivity index is 1.08. The van der Waals surface area contributed by atoms with E-state index in [1.165, 1.54) is 0 Å². The second kappa shape index (κ2) is 10.7. The van der Waals surface area contributed by atoms with Crippen LogP contribution in [0.4, 0.5) is 20.3 Å². The van der Waals surface area contributed by atoms with Gasteiger partial charge in [0.05, 0.1) is 23.4 Å². The van der Waals surface area contributed by atoms with Crippen molar-refractivity contribution in [2.45, 2.75) is 87.9 Å². The molecule has 5 aliphatic rings. The number of fused-ring (bicyclic) bond motifs is 5. The molecule has 2 fully saturated rings. The Hall–Kier alpha value is -4.21. The Labute approximate surface area is 272 Å². The lowest BCUT2D eigenvalue weighted by atomic mass is 9.69. The van der Waals surface area contributed by atoms with Gasteiger partial charge in [0.25, 0.3) is 0 Å². The predicted octanol–water partition coefficient (Wildman–Crippen LogP) is 5.93. The summed E-state index contributed by atoms with van der Waals surface area (Å²) in [5.74, 6) is 1.16. The van der Waals surface area contributed by atoms with Gasteiger partial charge in [-0.25, -0.2) is 0 Å². The number of nitrogen functional groups attached to an aromatic ring is 1. The number of nitrogens with two attached hydrogens (primary N) is 1. The zero-order valence-corrected chi connectivity index (χ0v) is 26.8. The van der Waals surface area contributed by atoms with Gasteiger partial charge < -0.3 is 29.6 Å². The number of alkyl halides is 2. The Kier molecular flexibility index (Phi) is 6.83. The van der Waals surface area contributed by atoms with E-state index in [0.29, 0.717) is 36.9 Å². The number of rotatable bonds is 5. The van der Waals surface area contributed by atoms with E-state index >= 15 is 0 Å². The zero-order valence-electron chi connectivity index (χ0n) is 26.8. The topological polar surface area (TPSA) is 119 Å². The summed E-state index contributed by atoms with van der Waals surface area (Å²) in [6.07, 6.45) is 2.28. The Morgan fingerprint density at radius 2 is 1.94 bits per heavy atom. The van der Waals surface area contributed by atoms with Crippen LogP contribution < -0.4 is 24.8 Å². The minimum absolute atomic E-state index is 0.0542. The van der Waals surface area contributed by atoms with Gasteiger partial charge in [-0.2, -0.15) is 15.2 Å². The Bertz CT molecular complexity index is 1810. The van der Waals surface area contributed by atoms with Crippen LogP contribution in [0.3, 0.4) is 0 Å². The first-order valence-corrected chi connectivity index (χ1v) is 16.3. The maximum Gasteiger partial charge on any atom is 0.586 e. The summed E-state index contributed by atoms with van der Waals surface area (Å²) >= 11 is 0. The molecule has 1 spiro atoms. The largest absolute Gasteiger partial charge is 0.586 e. The van der Waals surface area contributed by atoms with Crippen LogP contribution in [0.2, 0.25) is 0 Å². The number of aromatic nitrogens is 2. The number of hydrogen-bond acceptors (Lipinski definition) is 10. The zero-order chi connectivity index (χ0) is 32.7. The number of nitriles is 1. The molecule has 1 aliphatic carbocycles. The second-order valence-electron chi connectivity index (χ2n) is 13.9. The van der Waals surface area contributed by atoms with E-state index in [9.17, 15) is 14.0 Å². The van der Waals surface area contributed by atoms with Crippen molar-refractivity contribution >= 4 is 11.5 Å². The molecule has 12 heteroatoms. The molecule has 2 saturated heterocycles. The van der Waals surface area contributed by atoms with Crippen molar-refractivity contribution < 1.29 is 27.7 Å². The van der Waals surface area contributed by atoms with Gasteiger partial charge in [-0.15, -0.1) is 8.78 Å². The summed E-state index contributed by atoms with van der Waals surface area (Å²) in [7, 11) is 3.89. The molecular formula is C35H38F2N6O4. The van der Waals surface area contributed by atoms with Crippen LogP contribution in [0, 0.1) is 11.3 Å². The summed E-state index contributed by atoms with van der Waals surface area (Å²) in [6.45, 7) is 3.80. The van der Waals surface area contributed by atoms with Gasteiger partial charge in [-0.3, -0.25) is 4.90 Å². The van der Waals surface area contributed by atoms with Crippen molar-refractivity contribution in [2.75, 3.05) is 37.9 Å². The van der Waals surface area contributed by atoms with Crippen LogP contribution >= 0.6 is 0 Å². The first-order chi connectivity index (χ1) is 22.5. The quantitative estimate of drug-likeness (QED) is 0.335. The normalized spacial score (nSPS) is 28.4. The number of benzene rings is 2. The number of anilines is 2. The fraction of sp³-hybridized carbons (Fsp3) is 0.514. The second-order valence-corrected chi connectivity index (χ2v) is 13.9. The predicted molar refractivity (Wildman–Crippen MR) is 169 cm³/mol. The average Bonchev–Trinajstić information content (AvgIpc) is 3.71. The third-order valence-electron chi connectivity index (χ3n) is 11.0. The van der Waals surface area contributed by atoms with E-state index in [1.54, 1.807) is 12.1 Å². The molecule has 0 bridgehead atoms. The lowest BCUT2D eigenvalue weighted by Gasteiger charge is -2.44. The molecule has 4 atom stereocenters. The van der Waals surface area contributed by atoms with Crippen LogP contribution in [0.25, 0.3) is 0 Å². The van der Waals surface area contributed by atoms with Crippen molar-refractivity contribution in [1.82, 2.24) is 14.9 Å². The molecule has 47 heavy (non-hydrogen) atoms. The molecular weight excluding hydrogens is 606 g/mol. The van der Waals surface area contributed by atoms with Crippen molar-refractivity contribution in [2.24, 2.45) is 0 Å². The molecule has 4 aliphatic heterocycles. The molecule has 2 aromatic carbocycles. The van der Waals surface area contributed by atoms with Crippen molar-refractivity contribution in [3.8, 4) is 23.6 Å². The minimum atomic E-state index is -3.64. The minimum Gasteiger partial charge on any atom is -0.461 e. The van der Waals surface area contributed by atoms with E-state index < -0.39 is 11.9 Å². The monoisotopic (exact) mass is 644 g/mol. The molecule has 2 N–H and O–H groups in total. The van der Waals surface area contributed by atoms with E-state index in [-0.39, 0.29) is 29.0 Å². The Morgan fingerprint density at radius 1 is 1.11 bits per heavy atom. The van der Waals surface area contributed by atoms with Crippen molar-refractivity contribution in [3.05, 3.63) is 63.8 Å². The van der Waals surface area contributed by atoms with Crippen LogP contribution in [0.15, 0.2) is 30.3 Å². The van der Waals surface area contributed by atoms with E-state index in [0.717, 1.165) is 78.8 Å². The van der Waals surface area contributed by atoms with Gasteiger partial charge in [0.1, 0.15) is 24.1 Å². The maximum absolute atomic E-state index is 13.7. The Morgan fingerprint density at radius 3 is 2.74 bits per heavy atom. The number of nitrogens with zero attached hydrogens (tertiary/aromatic N) is 5. The summed E-state index contributed by atoms with van der Waals surface area (Å²) < 4.78 is 50.0. The summed E-state index contributed by atoms with van der Waals surface area (Å²) in [5.41, 5.74) is 11.1. The summed E-state index contributed by atoms with van der Waals surface area (Å²) in [5, 5.41) is 10.1. The van der Waals surface area contributed by atoms with Crippen LogP contribution in [0.1, 0.15) is 90.9 Å². The SMILES string of the molecule is C[C@H]1CC[C@]2(Cc3nc(OC[C@@]45CCCN4[C@H](c4ccc6c(c4)OC(F)(F)O6)CC5)nc(N(C)C)c3CO2)c2c1ccc(N)c2C#N. The highest BCUT2D eigenvalue weighted by Crippen LogP contribution is 2.53. The van der Waals surface area contributed by atoms with Gasteiger partial charge in [-0.05, 0) is 80.3 Å². The van der Waals surface area contributed by atoms with Gasteiger partial charge in [0.15, 0.2) is 11.5 Å². The van der Waals surface area contributed by atoms with Gasteiger partial charge in [-0.1, -0.05) is 19.1 Å². The fourth-order valence-corrected chi connectivity index (χ4v) is 8.68. The van der Waals surface area contributed by atoms with Crippen molar-refractivity contribution in [1.29, 1.82) is 5.26 Å². The molecule has 0 radical (unpaired) electrons. The molecule has 0 saturated carbocycles. The molecule has 3 aromatic rings. The highest BCUT2D eigenvalue weighted by Gasteiger charge is 2.51.